The first-order valence-electron chi connectivity index (χ1n) is 10.4. The van der Waals surface area contributed by atoms with E-state index >= 15 is 0 Å². The Balaban J connectivity index is 1.57. The van der Waals surface area contributed by atoms with Gasteiger partial charge in [-0.1, -0.05) is 73.5 Å². The van der Waals surface area contributed by atoms with Crippen LogP contribution < -0.4 is 10.6 Å². The molecule has 1 unspecified atom stereocenters. The molecule has 29 heavy (non-hydrogen) atoms. The summed E-state index contributed by atoms with van der Waals surface area (Å²) in [6.07, 6.45) is 11.0. The quantitative estimate of drug-likeness (QED) is 0.465. The number of rotatable bonds is 6. The highest BCUT2D eigenvalue weighted by atomic mass is 16.4. The first kappa shape index (κ1) is 17.9. The zero-order valence-electron chi connectivity index (χ0n) is 16.3. The molecule has 0 saturated heterocycles. The van der Waals surface area contributed by atoms with Gasteiger partial charge in [0.1, 0.15) is 0 Å². The molecule has 3 heteroatoms. The monoisotopic (exact) mass is 381 g/mol. The molecule has 0 saturated carbocycles. The summed E-state index contributed by atoms with van der Waals surface area (Å²) in [5.41, 5.74) is 4.78. The van der Waals surface area contributed by atoms with Gasteiger partial charge in [0.25, 0.3) is 0 Å². The third-order valence-electron chi connectivity index (χ3n) is 5.99. The zero-order chi connectivity index (χ0) is 19.8. The molecule has 0 spiro atoms. The highest BCUT2D eigenvalue weighted by molar-refractivity contribution is 6.04. The van der Waals surface area contributed by atoms with Gasteiger partial charge in [-0.3, -0.25) is 4.79 Å². The first-order chi connectivity index (χ1) is 14.2. The summed E-state index contributed by atoms with van der Waals surface area (Å²) in [4.78, 5) is 15.7. The lowest BCUT2D eigenvalue weighted by Crippen LogP contribution is -2.31. The minimum atomic E-state index is -0.702. The summed E-state index contributed by atoms with van der Waals surface area (Å²) in [6, 6.07) is 17.0. The second kappa shape index (κ2) is 7.32. The van der Waals surface area contributed by atoms with Gasteiger partial charge in [0.05, 0.1) is 11.0 Å². The van der Waals surface area contributed by atoms with Crippen molar-refractivity contribution >= 4 is 34.6 Å². The van der Waals surface area contributed by atoms with Crippen molar-refractivity contribution in [2.24, 2.45) is 10.9 Å². The van der Waals surface area contributed by atoms with Crippen molar-refractivity contribution in [1.82, 2.24) is 0 Å². The summed E-state index contributed by atoms with van der Waals surface area (Å²) in [7, 11) is 0. The van der Waals surface area contributed by atoms with Gasteiger partial charge in [-0.25, -0.2) is 4.99 Å². The first-order valence-corrected chi connectivity index (χ1v) is 10.4. The Bertz CT molecular complexity index is 1270. The number of hydrogen-bond acceptors (Lipinski definition) is 2. The molecule has 2 aliphatic rings. The lowest BCUT2D eigenvalue weighted by Gasteiger charge is -2.16. The van der Waals surface area contributed by atoms with E-state index in [4.69, 9.17) is 10.1 Å². The van der Waals surface area contributed by atoms with Crippen LogP contribution in [0.1, 0.15) is 37.7 Å². The van der Waals surface area contributed by atoms with E-state index < -0.39 is 5.97 Å². The molecular weight excluding hydrogens is 358 g/mol. The topological polar surface area (TPSA) is 49.7 Å². The molecule has 1 aliphatic carbocycles. The van der Waals surface area contributed by atoms with Crippen LogP contribution in [0.25, 0.3) is 34.1 Å². The average Bonchev–Trinajstić information content (AvgIpc) is 3.13. The summed E-state index contributed by atoms with van der Waals surface area (Å²) < 4.78 is 0. The summed E-state index contributed by atoms with van der Waals surface area (Å²) >= 11 is 0. The third-order valence-corrected chi connectivity index (χ3v) is 5.99. The molecule has 1 N–H and O–H groups in total. The van der Waals surface area contributed by atoms with Gasteiger partial charge in [-0.05, 0) is 41.2 Å². The van der Waals surface area contributed by atoms with E-state index in [1.165, 1.54) is 32.7 Å². The minimum Gasteiger partial charge on any atom is -0.481 e. The number of carboxylic acids is 1. The number of nitrogens with zero attached hydrogens (tertiary/aromatic N) is 1. The van der Waals surface area contributed by atoms with Crippen LogP contribution in [0.2, 0.25) is 0 Å². The van der Waals surface area contributed by atoms with Gasteiger partial charge < -0.3 is 5.11 Å². The van der Waals surface area contributed by atoms with Gasteiger partial charge in [0.15, 0.2) is 0 Å². The molecule has 3 aromatic carbocycles. The highest BCUT2D eigenvalue weighted by Gasteiger charge is 2.21. The molecule has 3 nitrogen and oxygen atoms in total. The smallest absolute Gasteiger partial charge is 0.303 e. The molecule has 5 rings (SSSR count). The predicted octanol–water partition coefficient (Wildman–Crippen LogP) is 5.23. The number of hydrogen-bond donors (Lipinski definition) is 1. The van der Waals surface area contributed by atoms with Crippen molar-refractivity contribution in [1.29, 1.82) is 0 Å². The zero-order valence-corrected chi connectivity index (χ0v) is 16.3. The molecule has 0 fully saturated rings. The number of aliphatic carboxylic acids is 1. The Kier molecular flexibility index (Phi) is 4.51. The van der Waals surface area contributed by atoms with Crippen molar-refractivity contribution in [3.05, 3.63) is 70.7 Å². The molecule has 1 heterocycles. The number of benzene rings is 3. The Morgan fingerprint density at radius 2 is 1.76 bits per heavy atom. The minimum absolute atomic E-state index is 0.268. The molecule has 1 aliphatic heterocycles. The second-order valence-corrected chi connectivity index (χ2v) is 7.91. The van der Waals surface area contributed by atoms with Gasteiger partial charge in [0.2, 0.25) is 0 Å². The molecule has 0 bridgehead atoms. The van der Waals surface area contributed by atoms with Crippen LogP contribution in [0, 0.1) is 5.92 Å². The van der Waals surface area contributed by atoms with Crippen molar-refractivity contribution in [2.75, 3.05) is 0 Å². The maximum absolute atomic E-state index is 10.7. The van der Waals surface area contributed by atoms with Crippen LogP contribution >= 0.6 is 0 Å². The van der Waals surface area contributed by atoms with E-state index in [-0.39, 0.29) is 6.42 Å². The van der Waals surface area contributed by atoms with E-state index in [9.17, 15) is 4.79 Å². The van der Waals surface area contributed by atoms with Gasteiger partial charge in [0, 0.05) is 22.8 Å². The second-order valence-electron chi connectivity index (χ2n) is 7.91. The molecule has 1 atom stereocenters. The SMILES string of the molecule is O=C(O)CCCCCC1C=Cc2c(c3c(c4ccccc24)-c2ccccc2N=3)=C1. The van der Waals surface area contributed by atoms with Crippen LogP contribution in [0.5, 0.6) is 0 Å². The summed E-state index contributed by atoms with van der Waals surface area (Å²) in [5.74, 6) is -0.330. The maximum atomic E-state index is 10.7. The fourth-order valence-electron chi connectivity index (χ4n) is 4.61. The van der Waals surface area contributed by atoms with Gasteiger partial charge in [-0.15, -0.1) is 0 Å². The highest BCUT2D eigenvalue weighted by Crippen LogP contribution is 2.37. The third kappa shape index (κ3) is 3.17. The lowest BCUT2D eigenvalue weighted by atomic mass is 9.87. The standard InChI is InChI=1S/C26H23NO2/c28-24(29)13-3-1-2-8-17-14-15-19-18-9-4-5-10-20(18)25-21-11-6-7-12-23(21)27-26(25)22(19)16-17/h4-7,9-12,14-17H,1-3,8,13H2,(H,28,29). The van der Waals surface area contributed by atoms with E-state index in [1.807, 2.05) is 6.07 Å². The predicted molar refractivity (Wildman–Crippen MR) is 118 cm³/mol. The lowest BCUT2D eigenvalue weighted by molar-refractivity contribution is -0.137. The Morgan fingerprint density at radius 3 is 2.62 bits per heavy atom. The maximum Gasteiger partial charge on any atom is 0.303 e. The van der Waals surface area contributed by atoms with Crippen molar-refractivity contribution < 1.29 is 9.90 Å². The number of para-hydroxylation sites is 1. The van der Waals surface area contributed by atoms with E-state index in [0.717, 1.165) is 36.7 Å². The van der Waals surface area contributed by atoms with Gasteiger partial charge >= 0.3 is 5.97 Å². The number of fused-ring (bicyclic) bond motifs is 8. The van der Waals surface area contributed by atoms with Crippen LogP contribution in [-0.2, 0) is 4.79 Å². The Labute approximate surface area is 169 Å². The van der Waals surface area contributed by atoms with Gasteiger partial charge in [-0.2, -0.15) is 0 Å². The van der Waals surface area contributed by atoms with E-state index in [0.29, 0.717) is 5.92 Å². The molecule has 0 aromatic heterocycles. The summed E-state index contributed by atoms with van der Waals surface area (Å²) in [6.45, 7) is 0. The van der Waals surface area contributed by atoms with E-state index in [2.05, 4.69) is 60.7 Å². The molecule has 144 valence electrons. The van der Waals surface area contributed by atoms with Crippen LogP contribution in [0.4, 0.5) is 5.69 Å². The Hall–Kier alpha value is -3.20. The molecule has 0 radical (unpaired) electrons. The Morgan fingerprint density at radius 1 is 0.966 bits per heavy atom. The van der Waals surface area contributed by atoms with Crippen molar-refractivity contribution in [3.63, 3.8) is 0 Å². The van der Waals surface area contributed by atoms with Crippen molar-refractivity contribution in [3.8, 4) is 11.1 Å². The number of allylic oxidation sites excluding steroid dienone is 1. The molecule has 3 aromatic rings. The number of carbonyl (C=O) groups is 1. The largest absolute Gasteiger partial charge is 0.481 e. The molecule has 0 amide bonds. The number of unbranched alkanes of at least 4 members (excludes halogenated alkanes) is 2. The fraction of sp³-hybridized carbons (Fsp3) is 0.231. The van der Waals surface area contributed by atoms with Crippen LogP contribution in [0.15, 0.2) is 59.6 Å². The fourth-order valence-corrected chi connectivity index (χ4v) is 4.61. The molecular formula is C26H23NO2. The van der Waals surface area contributed by atoms with Crippen LogP contribution in [-0.4, -0.2) is 11.1 Å². The number of carboxylic acid groups (broad SMARTS) is 1. The average molecular weight is 381 g/mol. The van der Waals surface area contributed by atoms with Crippen LogP contribution in [0.3, 0.4) is 0 Å². The van der Waals surface area contributed by atoms with Crippen molar-refractivity contribution in [2.45, 2.75) is 32.1 Å². The van der Waals surface area contributed by atoms with E-state index in [1.54, 1.807) is 0 Å². The normalized spacial score (nSPS) is 15.9. The summed E-state index contributed by atoms with van der Waals surface area (Å²) in [5, 5.41) is 13.7.